The van der Waals surface area contributed by atoms with Crippen molar-refractivity contribution < 1.29 is 13.9 Å². The molecule has 102 valence electrons. The van der Waals surface area contributed by atoms with E-state index in [2.05, 4.69) is 10.1 Å². The van der Waals surface area contributed by atoms with Gasteiger partial charge in [0.2, 0.25) is 0 Å². The van der Waals surface area contributed by atoms with Crippen molar-refractivity contribution in [2.45, 2.75) is 0 Å². The summed E-state index contributed by atoms with van der Waals surface area (Å²) < 4.78 is 20.3. The maximum absolute atomic E-state index is 13.9. The molecule has 0 aliphatic heterocycles. The molecule has 0 unspecified atom stereocenters. The van der Waals surface area contributed by atoms with Crippen LogP contribution in [0.4, 0.5) is 4.39 Å². The normalized spacial score (nSPS) is 10.9. The van der Waals surface area contributed by atoms with E-state index in [1.807, 2.05) is 0 Å². The molecule has 0 aliphatic carbocycles. The monoisotopic (exact) mass is 273 g/mol. The van der Waals surface area contributed by atoms with Crippen LogP contribution in [-0.2, 0) is 11.8 Å². The van der Waals surface area contributed by atoms with E-state index in [1.165, 1.54) is 13.2 Å². The van der Waals surface area contributed by atoms with Crippen LogP contribution >= 0.6 is 0 Å². The van der Waals surface area contributed by atoms with E-state index in [1.54, 1.807) is 36.3 Å². The Bertz CT molecular complexity index is 804. The number of hydrogen-bond donors (Lipinski definition) is 1. The minimum atomic E-state index is -0.513. The molecule has 0 aliphatic rings. The van der Waals surface area contributed by atoms with E-state index in [0.29, 0.717) is 22.2 Å². The lowest BCUT2D eigenvalue weighted by Crippen LogP contribution is -2.02. The Morgan fingerprint density at radius 2 is 2.25 bits per heavy atom. The van der Waals surface area contributed by atoms with Gasteiger partial charge in [0.05, 0.1) is 30.1 Å². The molecule has 1 N–H and O–H groups in total. The summed E-state index contributed by atoms with van der Waals surface area (Å²) in [4.78, 5) is 15.0. The number of fused-ring (bicyclic) bond motifs is 1. The number of benzene rings is 1. The van der Waals surface area contributed by atoms with Gasteiger partial charge in [-0.25, -0.2) is 9.18 Å². The lowest BCUT2D eigenvalue weighted by atomic mass is 10.1. The summed E-state index contributed by atoms with van der Waals surface area (Å²) in [5, 5.41) is 4.56. The van der Waals surface area contributed by atoms with Gasteiger partial charge >= 0.3 is 5.97 Å². The zero-order valence-electron chi connectivity index (χ0n) is 11.0. The number of methoxy groups -OCH3 is 1. The fraction of sp³-hybridized carbons (Fsp3) is 0.143. The third-order valence-corrected chi connectivity index (χ3v) is 3.17. The number of carbonyl (C=O) groups excluding carboxylic acids is 1. The van der Waals surface area contributed by atoms with Crippen molar-refractivity contribution in [3.8, 4) is 11.3 Å². The Labute approximate surface area is 114 Å². The summed E-state index contributed by atoms with van der Waals surface area (Å²) >= 11 is 0. The number of halogens is 1. The van der Waals surface area contributed by atoms with Crippen molar-refractivity contribution in [2.24, 2.45) is 7.05 Å². The number of aromatic nitrogens is 3. The average Bonchev–Trinajstić information content (AvgIpc) is 3.02. The number of esters is 1. The van der Waals surface area contributed by atoms with E-state index < -0.39 is 11.8 Å². The number of para-hydroxylation sites is 1. The summed E-state index contributed by atoms with van der Waals surface area (Å²) in [5.74, 6) is -0.927. The fourth-order valence-electron chi connectivity index (χ4n) is 2.26. The molecule has 0 saturated carbocycles. The number of rotatable bonds is 2. The molecular formula is C14H12FN3O2. The Hall–Kier alpha value is -2.63. The van der Waals surface area contributed by atoms with Gasteiger partial charge in [-0.3, -0.25) is 4.68 Å². The second-order valence-electron chi connectivity index (χ2n) is 4.43. The standard InChI is InChI=1S/C14H12FN3O2/c1-18-7-8(6-16-18)12-11(14(19)20-2)9-4-3-5-10(15)13(9)17-12/h3-7,17H,1-2H3. The van der Waals surface area contributed by atoms with E-state index in [9.17, 15) is 9.18 Å². The third-order valence-electron chi connectivity index (χ3n) is 3.17. The first-order valence-corrected chi connectivity index (χ1v) is 5.99. The maximum atomic E-state index is 13.9. The van der Waals surface area contributed by atoms with Crippen LogP contribution in [0.2, 0.25) is 0 Å². The van der Waals surface area contributed by atoms with Crippen LogP contribution in [0.1, 0.15) is 10.4 Å². The molecule has 0 amide bonds. The van der Waals surface area contributed by atoms with E-state index in [4.69, 9.17) is 4.74 Å². The number of nitrogens with zero attached hydrogens (tertiary/aromatic N) is 2. The molecule has 0 saturated heterocycles. The molecule has 0 fully saturated rings. The predicted octanol–water partition coefficient (Wildman–Crippen LogP) is 2.49. The first kappa shape index (κ1) is 12.4. The SMILES string of the molecule is COC(=O)c1c(-c2cnn(C)c2)[nH]c2c(F)cccc12. The predicted molar refractivity (Wildman–Crippen MR) is 71.8 cm³/mol. The van der Waals surface area contributed by atoms with Crippen LogP contribution in [-0.4, -0.2) is 27.8 Å². The molecule has 3 rings (SSSR count). The van der Waals surface area contributed by atoms with E-state index >= 15 is 0 Å². The number of H-pyrrole nitrogens is 1. The Morgan fingerprint density at radius 1 is 1.45 bits per heavy atom. The van der Waals surface area contributed by atoms with Gasteiger partial charge in [-0.05, 0) is 6.07 Å². The van der Waals surface area contributed by atoms with Crippen LogP contribution in [0.15, 0.2) is 30.6 Å². The smallest absolute Gasteiger partial charge is 0.340 e. The number of carbonyl (C=O) groups is 1. The summed E-state index contributed by atoms with van der Waals surface area (Å²) in [6.07, 6.45) is 3.35. The van der Waals surface area contributed by atoms with E-state index in [-0.39, 0.29) is 5.52 Å². The summed E-state index contributed by atoms with van der Waals surface area (Å²) in [6, 6.07) is 4.58. The quantitative estimate of drug-likeness (QED) is 0.730. The molecule has 0 spiro atoms. The molecule has 3 aromatic rings. The van der Waals surface area contributed by atoms with Crippen LogP contribution in [0.25, 0.3) is 22.2 Å². The summed E-state index contributed by atoms with van der Waals surface area (Å²) in [7, 11) is 3.07. The van der Waals surface area contributed by atoms with Crippen molar-refractivity contribution in [2.75, 3.05) is 7.11 Å². The highest BCUT2D eigenvalue weighted by atomic mass is 19.1. The first-order chi connectivity index (χ1) is 9.61. The minimum absolute atomic E-state index is 0.284. The summed E-state index contributed by atoms with van der Waals surface area (Å²) in [5.41, 5.74) is 1.80. The second-order valence-corrected chi connectivity index (χ2v) is 4.43. The molecule has 20 heavy (non-hydrogen) atoms. The second kappa shape index (κ2) is 4.48. The average molecular weight is 273 g/mol. The summed E-state index contributed by atoms with van der Waals surface area (Å²) in [6.45, 7) is 0. The van der Waals surface area contributed by atoms with Crippen LogP contribution in [0, 0.1) is 5.82 Å². The van der Waals surface area contributed by atoms with Gasteiger partial charge in [0.25, 0.3) is 0 Å². The van der Waals surface area contributed by atoms with Gasteiger partial charge in [-0.15, -0.1) is 0 Å². The lowest BCUT2D eigenvalue weighted by Gasteiger charge is -2.00. The van der Waals surface area contributed by atoms with Gasteiger partial charge in [-0.2, -0.15) is 5.10 Å². The van der Waals surface area contributed by atoms with Gasteiger partial charge in [0.15, 0.2) is 0 Å². The van der Waals surface area contributed by atoms with Crippen molar-refractivity contribution in [3.63, 3.8) is 0 Å². The van der Waals surface area contributed by atoms with Crippen LogP contribution in [0.5, 0.6) is 0 Å². The molecule has 0 atom stereocenters. The molecule has 2 heterocycles. The zero-order valence-corrected chi connectivity index (χ0v) is 11.0. The largest absolute Gasteiger partial charge is 0.465 e. The highest BCUT2D eigenvalue weighted by Crippen LogP contribution is 2.31. The number of nitrogens with one attached hydrogen (secondary N) is 1. The number of aromatic amines is 1. The fourth-order valence-corrected chi connectivity index (χ4v) is 2.26. The topological polar surface area (TPSA) is 59.9 Å². The van der Waals surface area contributed by atoms with Crippen LogP contribution in [0.3, 0.4) is 0 Å². The number of hydrogen-bond acceptors (Lipinski definition) is 3. The minimum Gasteiger partial charge on any atom is -0.465 e. The van der Waals surface area contributed by atoms with Gasteiger partial charge in [-0.1, -0.05) is 12.1 Å². The van der Waals surface area contributed by atoms with Crippen molar-refractivity contribution in [3.05, 3.63) is 42.0 Å². The number of ether oxygens (including phenoxy) is 1. The molecule has 1 aromatic carbocycles. The van der Waals surface area contributed by atoms with Gasteiger partial charge in [0.1, 0.15) is 5.82 Å². The third kappa shape index (κ3) is 1.77. The molecule has 0 bridgehead atoms. The van der Waals surface area contributed by atoms with Gasteiger partial charge in [0, 0.05) is 24.2 Å². The Kier molecular flexibility index (Phi) is 2.78. The van der Waals surface area contributed by atoms with Crippen molar-refractivity contribution >= 4 is 16.9 Å². The van der Waals surface area contributed by atoms with Gasteiger partial charge < -0.3 is 9.72 Å². The molecule has 6 heteroatoms. The molecule has 0 radical (unpaired) electrons. The zero-order chi connectivity index (χ0) is 14.3. The number of aryl methyl sites for hydroxylation is 1. The molecule has 2 aromatic heterocycles. The molecule has 5 nitrogen and oxygen atoms in total. The first-order valence-electron chi connectivity index (χ1n) is 5.99. The van der Waals surface area contributed by atoms with E-state index in [0.717, 1.165) is 0 Å². The molecular weight excluding hydrogens is 261 g/mol. The van der Waals surface area contributed by atoms with Crippen molar-refractivity contribution in [1.82, 2.24) is 14.8 Å². The van der Waals surface area contributed by atoms with Crippen molar-refractivity contribution in [1.29, 1.82) is 0 Å². The van der Waals surface area contributed by atoms with Crippen LogP contribution < -0.4 is 0 Å². The Morgan fingerprint density at radius 3 is 2.90 bits per heavy atom. The highest BCUT2D eigenvalue weighted by molar-refractivity contribution is 6.10. The lowest BCUT2D eigenvalue weighted by molar-refractivity contribution is 0.0604. The maximum Gasteiger partial charge on any atom is 0.340 e. The Balaban J connectivity index is 2.35. The highest BCUT2D eigenvalue weighted by Gasteiger charge is 2.22.